The van der Waals surface area contributed by atoms with Crippen LogP contribution in [0.15, 0.2) is 66.9 Å². The van der Waals surface area contributed by atoms with Crippen LogP contribution in [0.1, 0.15) is 52.8 Å². The first-order valence-corrected chi connectivity index (χ1v) is 25.1. The van der Waals surface area contributed by atoms with Gasteiger partial charge in [-0.1, -0.05) is 29.8 Å². The van der Waals surface area contributed by atoms with E-state index >= 15 is 0 Å². The van der Waals surface area contributed by atoms with Crippen molar-refractivity contribution in [3.05, 3.63) is 83.0 Å². The molecule has 4 aromatic rings. The predicted octanol–water partition coefficient (Wildman–Crippen LogP) is 4.91. The number of nitrogens with one attached hydrogen (secondary N) is 4. The average molecular weight is 941 g/mol. The van der Waals surface area contributed by atoms with Gasteiger partial charge in [0, 0.05) is 81.0 Å². The fourth-order valence-corrected chi connectivity index (χ4v) is 10.3. The molecule has 0 bridgehead atoms. The van der Waals surface area contributed by atoms with Gasteiger partial charge in [-0.25, -0.2) is 4.98 Å². The Morgan fingerprint density at radius 3 is 2.38 bits per heavy atom. The number of rotatable bonds is 16. The Kier molecular flexibility index (Phi) is 14.2. The minimum Gasteiger partial charge on any atom is -0.494 e. The molecule has 0 spiro atoms. The smallest absolute Gasteiger partial charge is 0.264 e. The highest BCUT2D eigenvalue weighted by atomic mass is 35.5. The Balaban J connectivity index is 0.750. The second-order valence-electron chi connectivity index (χ2n) is 17.0. The van der Waals surface area contributed by atoms with Gasteiger partial charge in [0.2, 0.25) is 23.7 Å². The molecule has 66 heavy (non-hydrogen) atoms. The van der Waals surface area contributed by atoms with Crippen LogP contribution < -0.4 is 36.2 Å². The Morgan fingerprint density at radius 1 is 0.879 bits per heavy atom. The minimum absolute atomic E-state index is 0.0504. The summed E-state index contributed by atoms with van der Waals surface area (Å²) < 4.78 is 24.5. The molecule has 0 radical (unpaired) electrons. The summed E-state index contributed by atoms with van der Waals surface area (Å²) in [5.41, 5.74) is 3.26. The van der Waals surface area contributed by atoms with E-state index in [1.807, 2.05) is 41.3 Å². The molecule has 4 N–H and O–H groups in total. The van der Waals surface area contributed by atoms with Crippen LogP contribution in [0.5, 0.6) is 5.75 Å². The van der Waals surface area contributed by atoms with Crippen LogP contribution in [0.3, 0.4) is 0 Å². The quantitative estimate of drug-likeness (QED) is 0.0669. The van der Waals surface area contributed by atoms with Gasteiger partial charge in [-0.15, -0.1) is 0 Å². The highest BCUT2D eigenvalue weighted by molar-refractivity contribution is 7.70. The van der Waals surface area contributed by atoms with Crippen LogP contribution >= 0.6 is 18.7 Å². The molecule has 1 unspecified atom stereocenters. The number of piperazine rings is 1. The lowest BCUT2D eigenvalue weighted by Gasteiger charge is -2.43. The zero-order valence-electron chi connectivity index (χ0n) is 37.2. The number of para-hydroxylation sites is 1. The van der Waals surface area contributed by atoms with Crippen molar-refractivity contribution >= 4 is 88.1 Å². The van der Waals surface area contributed by atoms with Gasteiger partial charge in [-0.05, 0) is 69.0 Å². The van der Waals surface area contributed by atoms with Crippen molar-refractivity contribution in [3.8, 4) is 5.75 Å². The van der Waals surface area contributed by atoms with Gasteiger partial charge in [-0.2, -0.15) is 4.98 Å². The monoisotopic (exact) mass is 940 g/mol. The van der Waals surface area contributed by atoms with E-state index in [9.17, 15) is 28.5 Å². The normalized spacial score (nSPS) is 18.3. The maximum absolute atomic E-state index is 13.3. The van der Waals surface area contributed by atoms with Crippen LogP contribution in [-0.4, -0.2) is 146 Å². The number of halogens is 1. The topological polar surface area (TPSA) is 208 Å². The molecule has 0 saturated carbocycles. The summed E-state index contributed by atoms with van der Waals surface area (Å²) in [6.45, 7) is 9.01. The molecule has 1 aromatic heterocycles. The number of carbonyl (C=O) groups excluding carboxylic acids is 5. The predicted molar refractivity (Wildman–Crippen MR) is 253 cm³/mol. The second kappa shape index (κ2) is 20.2. The van der Waals surface area contributed by atoms with Crippen molar-refractivity contribution in [1.82, 2.24) is 30.0 Å². The maximum atomic E-state index is 13.3. The summed E-state index contributed by atoms with van der Waals surface area (Å²) in [7, 11) is -0.938. The molecular formula is C46H54ClN10O8P. The lowest BCUT2D eigenvalue weighted by atomic mass is 10.0. The zero-order valence-corrected chi connectivity index (χ0v) is 38.8. The van der Waals surface area contributed by atoms with E-state index in [0.717, 1.165) is 49.6 Å². The molecule has 1 atom stereocenters. The molecule has 5 amide bonds. The number of hydrogen-bond acceptors (Lipinski definition) is 15. The lowest BCUT2D eigenvalue weighted by molar-refractivity contribution is -0.136. The third-order valence-electron chi connectivity index (χ3n) is 12.4. The summed E-state index contributed by atoms with van der Waals surface area (Å²) in [4.78, 5) is 80.3. The molecule has 8 rings (SSSR count). The van der Waals surface area contributed by atoms with Gasteiger partial charge < -0.3 is 39.8 Å². The number of imide groups is 2. The fraction of sp³-hybridized carbons (Fsp3) is 0.413. The molecule has 18 nitrogen and oxygen atoms in total. The molecule has 0 aliphatic carbocycles. The Hall–Kier alpha value is -6.07. The fourth-order valence-electron chi connectivity index (χ4n) is 8.96. The molecule has 348 valence electrons. The highest BCUT2D eigenvalue weighted by Gasteiger charge is 2.45. The van der Waals surface area contributed by atoms with Crippen molar-refractivity contribution in [1.29, 1.82) is 0 Å². The molecule has 3 aromatic carbocycles. The number of piperidine rings is 2. The van der Waals surface area contributed by atoms with E-state index in [1.165, 1.54) is 6.20 Å². The van der Waals surface area contributed by atoms with Crippen molar-refractivity contribution in [2.75, 3.05) is 100 Å². The summed E-state index contributed by atoms with van der Waals surface area (Å²) in [6, 6.07) is 17.7. The van der Waals surface area contributed by atoms with E-state index in [0.29, 0.717) is 70.6 Å². The molecule has 3 saturated heterocycles. The standard InChI is InChI=1S/C46H54ClN10O8P/c1-64-37-27-30(11-12-33(37)51-46-49-28-32(47)42(53-46)50-34-8-4-5-10-38(34)66(2,3)63)54-19-15-29(16-20-54)55-21-23-56(24-22-55)40(59)17-25-65-26-18-48-35-9-6-7-31-41(35)45(62)57(44(31)61)36-13-14-39(58)52-43(36)60/h4-12,27-29,36,48H,13-26H2,1-3H3,(H,52,58,60)(H2,49,50,51,53). The highest BCUT2D eigenvalue weighted by Crippen LogP contribution is 2.39. The van der Waals surface area contributed by atoms with E-state index in [4.69, 9.17) is 21.1 Å². The van der Waals surface area contributed by atoms with Crippen molar-refractivity contribution in [3.63, 3.8) is 0 Å². The van der Waals surface area contributed by atoms with Crippen LogP contribution in [-0.2, 0) is 23.7 Å². The van der Waals surface area contributed by atoms with Crippen molar-refractivity contribution in [2.24, 2.45) is 0 Å². The summed E-state index contributed by atoms with van der Waals surface area (Å²) in [5.74, 6) is -0.832. The van der Waals surface area contributed by atoms with Crippen molar-refractivity contribution < 1.29 is 38.0 Å². The van der Waals surface area contributed by atoms with E-state index < -0.39 is 36.8 Å². The van der Waals surface area contributed by atoms with Gasteiger partial charge in [0.25, 0.3) is 11.8 Å². The summed E-state index contributed by atoms with van der Waals surface area (Å²) >= 11 is 6.48. The molecule has 20 heteroatoms. The molecule has 5 heterocycles. The number of ether oxygens (including phenoxy) is 2. The summed E-state index contributed by atoms with van der Waals surface area (Å²) in [6.07, 6.45) is 3.90. The van der Waals surface area contributed by atoms with Gasteiger partial charge in [-0.3, -0.25) is 39.1 Å². The number of aromatic nitrogens is 2. The van der Waals surface area contributed by atoms with Gasteiger partial charge in [0.15, 0.2) is 5.82 Å². The number of benzene rings is 3. The van der Waals surface area contributed by atoms with Crippen LogP contribution in [0.25, 0.3) is 0 Å². The first kappa shape index (κ1) is 46.5. The number of fused-ring (bicyclic) bond motifs is 1. The number of amides is 5. The maximum Gasteiger partial charge on any atom is 0.264 e. The molecule has 4 aliphatic rings. The summed E-state index contributed by atoms with van der Waals surface area (Å²) in [5, 5.41) is 12.9. The Morgan fingerprint density at radius 2 is 1.64 bits per heavy atom. The number of nitrogens with zero attached hydrogens (tertiary/aromatic N) is 6. The third-order valence-corrected chi connectivity index (χ3v) is 14.2. The van der Waals surface area contributed by atoms with E-state index in [1.54, 1.807) is 38.6 Å². The average Bonchev–Trinajstić information content (AvgIpc) is 3.57. The zero-order chi connectivity index (χ0) is 46.5. The Labute approximate surface area is 388 Å². The largest absolute Gasteiger partial charge is 0.494 e. The third kappa shape index (κ3) is 10.3. The molecule has 4 aliphatic heterocycles. The van der Waals surface area contributed by atoms with Gasteiger partial charge in [0.1, 0.15) is 24.0 Å². The van der Waals surface area contributed by atoms with Crippen LogP contribution in [0, 0.1) is 0 Å². The number of hydrogen-bond donors (Lipinski definition) is 4. The number of anilines is 6. The van der Waals surface area contributed by atoms with Crippen LogP contribution in [0.2, 0.25) is 5.02 Å². The van der Waals surface area contributed by atoms with Crippen molar-refractivity contribution in [2.45, 2.75) is 44.2 Å². The van der Waals surface area contributed by atoms with Crippen LogP contribution in [0.4, 0.5) is 34.5 Å². The van der Waals surface area contributed by atoms with E-state index in [2.05, 4.69) is 47.1 Å². The second-order valence-corrected chi connectivity index (χ2v) is 20.6. The first-order valence-electron chi connectivity index (χ1n) is 22.1. The number of carbonyl (C=O) groups is 5. The SMILES string of the molecule is COc1cc(N2CCC(N3CCN(C(=O)CCOCCNc4cccc5c4C(=O)N(C4CCC(=O)NC4=O)C5=O)CC3)CC2)ccc1Nc1ncc(Cl)c(Nc2ccccc2P(C)(C)=O)n1. The molecule has 3 fully saturated rings. The van der Waals surface area contributed by atoms with Gasteiger partial charge >= 0.3 is 0 Å². The van der Waals surface area contributed by atoms with E-state index in [-0.39, 0.29) is 49.5 Å². The van der Waals surface area contributed by atoms with Gasteiger partial charge in [0.05, 0.1) is 55.4 Å². The number of methoxy groups -OCH3 is 1. The first-order chi connectivity index (χ1) is 31.8. The molecular weight excluding hydrogens is 887 g/mol. The minimum atomic E-state index is -2.57. The Bertz CT molecular complexity index is 2560. The lowest BCUT2D eigenvalue weighted by Crippen LogP contribution is -2.54.